The summed E-state index contributed by atoms with van der Waals surface area (Å²) < 4.78 is 1.94. The van der Waals surface area contributed by atoms with Crippen LogP contribution >= 0.6 is 0 Å². The maximum Gasteiger partial charge on any atom is 0.242 e. The number of fused-ring (bicyclic) bond motifs is 1. The number of pyridine rings is 1. The van der Waals surface area contributed by atoms with Gasteiger partial charge in [-0.15, -0.1) is 0 Å². The van der Waals surface area contributed by atoms with E-state index in [1.807, 2.05) is 52.6 Å². The fourth-order valence-electron chi connectivity index (χ4n) is 4.77. The average molecular weight is 381 g/mol. The predicted molar refractivity (Wildman–Crippen MR) is 108 cm³/mol. The lowest BCUT2D eigenvalue weighted by molar-refractivity contribution is -0.141. The summed E-state index contributed by atoms with van der Waals surface area (Å²) in [5.41, 5.74) is 1.77. The van der Waals surface area contributed by atoms with Gasteiger partial charge in [0.05, 0.1) is 5.52 Å². The first kappa shape index (κ1) is 18.7. The molecule has 2 aliphatic heterocycles. The van der Waals surface area contributed by atoms with Crippen LogP contribution in [-0.2, 0) is 16.1 Å². The van der Waals surface area contributed by atoms with Crippen molar-refractivity contribution < 1.29 is 9.59 Å². The second-order valence-electron chi connectivity index (χ2n) is 8.38. The fraction of sp³-hybridized carbons (Fsp3) is 0.500. The van der Waals surface area contributed by atoms with Crippen LogP contribution in [0.15, 0.2) is 35.1 Å². The Morgan fingerprint density at radius 2 is 1.82 bits per heavy atom. The second-order valence-corrected chi connectivity index (χ2v) is 8.38. The summed E-state index contributed by atoms with van der Waals surface area (Å²) in [6.45, 7) is 4.40. The van der Waals surface area contributed by atoms with Gasteiger partial charge in [-0.25, -0.2) is 0 Å². The molecule has 6 heteroatoms. The van der Waals surface area contributed by atoms with E-state index in [9.17, 15) is 14.4 Å². The van der Waals surface area contributed by atoms with E-state index >= 15 is 0 Å². The Hall–Kier alpha value is -2.63. The molecule has 0 bridgehead atoms. The minimum atomic E-state index is -0.00678. The van der Waals surface area contributed by atoms with Crippen LogP contribution in [0.25, 0.3) is 10.9 Å². The highest BCUT2D eigenvalue weighted by atomic mass is 16.2. The maximum absolute atomic E-state index is 13.0. The Morgan fingerprint density at radius 1 is 1.11 bits per heavy atom. The molecule has 2 aromatic rings. The highest BCUT2D eigenvalue weighted by Gasteiger charge is 2.40. The normalized spacial score (nSPS) is 19.4. The lowest BCUT2D eigenvalue weighted by Gasteiger charge is -2.46. The van der Waals surface area contributed by atoms with Crippen molar-refractivity contribution in [2.75, 3.05) is 26.7 Å². The van der Waals surface area contributed by atoms with Gasteiger partial charge in [-0.1, -0.05) is 12.1 Å². The molecule has 0 aliphatic carbocycles. The summed E-state index contributed by atoms with van der Waals surface area (Å²) in [4.78, 5) is 40.8. The first-order valence-electron chi connectivity index (χ1n) is 9.99. The molecule has 2 saturated heterocycles. The zero-order valence-electron chi connectivity index (χ0n) is 16.6. The van der Waals surface area contributed by atoms with Crippen LogP contribution in [-0.4, -0.2) is 52.9 Å². The van der Waals surface area contributed by atoms with Crippen LogP contribution < -0.4 is 5.43 Å². The largest absolute Gasteiger partial charge is 0.345 e. The van der Waals surface area contributed by atoms with E-state index in [0.717, 1.165) is 50.1 Å². The number of likely N-dealkylation sites (tertiary alicyclic amines) is 2. The first-order valence-corrected chi connectivity index (χ1v) is 9.99. The minimum absolute atomic E-state index is 0.00678. The summed E-state index contributed by atoms with van der Waals surface area (Å²) in [5.74, 6) is 0.316. The van der Waals surface area contributed by atoms with Gasteiger partial charge in [-0.2, -0.15) is 0 Å². The molecule has 2 fully saturated rings. The standard InChI is InChI=1S/C22H27N3O3/c1-16-13-19(26)17-5-3-4-6-18(17)25(16)14-21(28)24-11-9-22(10-12-24)8-7-20(27)23(2)15-22/h3-6,13H,7-12,14-15H2,1-2H3. The van der Waals surface area contributed by atoms with Gasteiger partial charge in [0.25, 0.3) is 0 Å². The molecule has 28 heavy (non-hydrogen) atoms. The lowest BCUT2D eigenvalue weighted by atomic mass is 9.72. The van der Waals surface area contributed by atoms with Gasteiger partial charge in [0.1, 0.15) is 6.54 Å². The Labute approximate surface area is 164 Å². The SMILES string of the molecule is Cc1cc(=O)c2ccccc2n1CC(=O)N1CCC2(CCC(=O)N(C)C2)CC1. The molecule has 0 atom stereocenters. The van der Waals surface area contributed by atoms with Crippen LogP contribution in [0.2, 0.25) is 0 Å². The quantitative estimate of drug-likeness (QED) is 0.801. The highest BCUT2D eigenvalue weighted by molar-refractivity contribution is 5.83. The van der Waals surface area contributed by atoms with E-state index in [4.69, 9.17) is 0 Å². The number of piperidine rings is 2. The molecular formula is C22H27N3O3. The number of rotatable bonds is 2. The summed E-state index contributed by atoms with van der Waals surface area (Å²) in [6, 6.07) is 9.06. The molecule has 0 N–H and O–H groups in total. The number of carbonyl (C=O) groups excluding carboxylic acids is 2. The van der Waals surface area contributed by atoms with Crippen LogP contribution in [0.1, 0.15) is 31.4 Å². The summed E-state index contributed by atoms with van der Waals surface area (Å²) in [7, 11) is 1.88. The number of nitrogens with zero attached hydrogens (tertiary/aromatic N) is 3. The van der Waals surface area contributed by atoms with Gasteiger partial charge < -0.3 is 14.4 Å². The number of aryl methyl sites for hydroxylation is 1. The molecule has 1 spiro atoms. The minimum Gasteiger partial charge on any atom is -0.345 e. The summed E-state index contributed by atoms with van der Waals surface area (Å²) >= 11 is 0. The number of aromatic nitrogens is 1. The number of amides is 2. The molecule has 2 amide bonds. The zero-order chi connectivity index (χ0) is 19.9. The molecule has 0 saturated carbocycles. The molecule has 3 heterocycles. The molecule has 2 aliphatic rings. The zero-order valence-corrected chi connectivity index (χ0v) is 16.6. The van der Waals surface area contributed by atoms with Gasteiger partial charge in [-0.3, -0.25) is 14.4 Å². The molecule has 1 aromatic carbocycles. The van der Waals surface area contributed by atoms with Gasteiger partial charge in [0.2, 0.25) is 11.8 Å². The van der Waals surface area contributed by atoms with Crippen molar-refractivity contribution in [3.8, 4) is 0 Å². The number of para-hydroxylation sites is 1. The molecular weight excluding hydrogens is 354 g/mol. The number of carbonyl (C=O) groups is 2. The van der Waals surface area contributed by atoms with E-state index < -0.39 is 0 Å². The third kappa shape index (κ3) is 3.32. The van der Waals surface area contributed by atoms with Gasteiger partial charge in [-0.05, 0) is 43.7 Å². The topological polar surface area (TPSA) is 62.6 Å². The van der Waals surface area contributed by atoms with Crippen molar-refractivity contribution >= 4 is 22.7 Å². The Kier molecular flexibility index (Phi) is 4.73. The maximum atomic E-state index is 13.0. The monoisotopic (exact) mass is 381 g/mol. The Morgan fingerprint density at radius 3 is 2.54 bits per heavy atom. The van der Waals surface area contributed by atoms with E-state index in [2.05, 4.69) is 0 Å². The van der Waals surface area contributed by atoms with Gasteiger partial charge in [0, 0.05) is 50.2 Å². The van der Waals surface area contributed by atoms with Crippen molar-refractivity contribution in [2.24, 2.45) is 5.41 Å². The molecule has 1 aromatic heterocycles. The molecule has 4 rings (SSSR count). The van der Waals surface area contributed by atoms with Crippen molar-refractivity contribution in [2.45, 2.75) is 39.2 Å². The average Bonchev–Trinajstić information content (AvgIpc) is 2.69. The van der Waals surface area contributed by atoms with Crippen molar-refractivity contribution in [3.63, 3.8) is 0 Å². The van der Waals surface area contributed by atoms with Gasteiger partial charge in [0.15, 0.2) is 5.43 Å². The van der Waals surface area contributed by atoms with Crippen LogP contribution in [0.4, 0.5) is 0 Å². The third-order valence-electron chi connectivity index (χ3n) is 6.56. The molecule has 0 unspecified atom stereocenters. The number of benzene rings is 1. The van der Waals surface area contributed by atoms with Gasteiger partial charge >= 0.3 is 0 Å². The van der Waals surface area contributed by atoms with Crippen molar-refractivity contribution in [1.29, 1.82) is 0 Å². The van der Waals surface area contributed by atoms with Crippen LogP contribution in [0, 0.1) is 12.3 Å². The molecule has 148 valence electrons. The van der Waals surface area contributed by atoms with E-state index in [1.54, 1.807) is 6.07 Å². The molecule has 0 radical (unpaired) electrons. The van der Waals surface area contributed by atoms with E-state index in [0.29, 0.717) is 11.8 Å². The second kappa shape index (κ2) is 7.08. The molecule has 6 nitrogen and oxygen atoms in total. The smallest absolute Gasteiger partial charge is 0.242 e. The lowest BCUT2D eigenvalue weighted by Crippen LogP contribution is -2.51. The first-order chi connectivity index (χ1) is 13.4. The van der Waals surface area contributed by atoms with Crippen LogP contribution in [0.5, 0.6) is 0 Å². The highest BCUT2D eigenvalue weighted by Crippen LogP contribution is 2.39. The number of hydrogen-bond donors (Lipinski definition) is 0. The van der Waals surface area contributed by atoms with Crippen molar-refractivity contribution in [3.05, 3.63) is 46.2 Å². The van der Waals surface area contributed by atoms with E-state index in [1.165, 1.54) is 0 Å². The number of hydrogen-bond acceptors (Lipinski definition) is 3. The van der Waals surface area contributed by atoms with E-state index in [-0.39, 0.29) is 29.2 Å². The Bertz CT molecular complexity index is 986. The third-order valence-corrected chi connectivity index (χ3v) is 6.56. The Balaban J connectivity index is 1.48. The van der Waals surface area contributed by atoms with Crippen LogP contribution in [0.3, 0.4) is 0 Å². The van der Waals surface area contributed by atoms with Crippen molar-refractivity contribution in [1.82, 2.24) is 14.4 Å². The predicted octanol–water partition coefficient (Wildman–Crippen LogP) is 2.17. The summed E-state index contributed by atoms with van der Waals surface area (Å²) in [6.07, 6.45) is 3.44. The fourth-order valence-corrected chi connectivity index (χ4v) is 4.77. The summed E-state index contributed by atoms with van der Waals surface area (Å²) in [5, 5.41) is 0.647.